The van der Waals surface area contributed by atoms with Crippen LogP contribution >= 0.6 is 11.3 Å². The fraction of sp³-hybridized carbons (Fsp3) is 0.667. The summed E-state index contributed by atoms with van der Waals surface area (Å²) in [4.78, 5) is 11.7. The maximum absolute atomic E-state index is 14.3. The number of halogens is 2. The standard InChI is InChI=1S/C15H22F2O2S/c1-13(2,3)10-6-7-11(20-10)15(16,17)9-14(4,5)8-12(18)19/h6-7H,8-9H2,1-5H3,(H,18,19). The molecule has 114 valence electrons. The summed E-state index contributed by atoms with van der Waals surface area (Å²) in [6.45, 7) is 9.07. The minimum absolute atomic E-state index is 0.0147. The summed E-state index contributed by atoms with van der Waals surface area (Å²) in [7, 11) is 0. The van der Waals surface area contributed by atoms with Crippen LogP contribution < -0.4 is 0 Å². The molecule has 0 aliphatic carbocycles. The molecule has 1 aromatic heterocycles. The van der Waals surface area contributed by atoms with Crippen LogP contribution in [0.15, 0.2) is 12.1 Å². The van der Waals surface area contributed by atoms with Gasteiger partial charge in [-0.2, -0.15) is 0 Å². The van der Waals surface area contributed by atoms with E-state index in [1.54, 1.807) is 19.9 Å². The topological polar surface area (TPSA) is 37.3 Å². The third kappa shape index (κ3) is 4.54. The van der Waals surface area contributed by atoms with Crippen LogP contribution in [-0.4, -0.2) is 11.1 Å². The maximum Gasteiger partial charge on any atom is 0.303 e. The van der Waals surface area contributed by atoms with E-state index in [0.717, 1.165) is 16.2 Å². The fourth-order valence-corrected chi connectivity index (χ4v) is 3.13. The number of carbonyl (C=O) groups is 1. The van der Waals surface area contributed by atoms with Crippen LogP contribution in [0.5, 0.6) is 0 Å². The smallest absolute Gasteiger partial charge is 0.303 e. The molecule has 0 saturated heterocycles. The van der Waals surface area contributed by atoms with E-state index in [2.05, 4.69) is 0 Å². The molecular weight excluding hydrogens is 282 g/mol. The molecule has 0 unspecified atom stereocenters. The quantitative estimate of drug-likeness (QED) is 0.828. The Hall–Kier alpha value is -0.970. The lowest BCUT2D eigenvalue weighted by Gasteiger charge is -2.27. The number of alkyl halides is 2. The van der Waals surface area contributed by atoms with Crippen LogP contribution in [0.2, 0.25) is 0 Å². The third-order valence-corrected chi connectivity index (χ3v) is 4.66. The van der Waals surface area contributed by atoms with E-state index in [9.17, 15) is 13.6 Å². The summed E-state index contributed by atoms with van der Waals surface area (Å²) in [5.74, 6) is -4.04. The van der Waals surface area contributed by atoms with Gasteiger partial charge >= 0.3 is 5.97 Å². The van der Waals surface area contributed by atoms with Gasteiger partial charge in [-0.3, -0.25) is 4.79 Å². The lowest BCUT2D eigenvalue weighted by atomic mass is 9.82. The minimum Gasteiger partial charge on any atom is -0.481 e. The number of rotatable bonds is 5. The van der Waals surface area contributed by atoms with Crippen LogP contribution in [0.4, 0.5) is 8.78 Å². The Morgan fingerprint density at radius 3 is 2.05 bits per heavy atom. The molecule has 5 heteroatoms. The normalized spacial score (nSPS) is 13.6. The highest BCUT2D eigenvalue weighted by Crippen LogP contribution is 2.45. The number of hydrogen-bond acceptors (Lipinski definition) is 2. The molecule has 0 saturated carbocycles. The monoisotopic (exact) mass is 304 g/mol. The zero-order valence-electron chi connectivity index (χ0n) is 12.6. The highest BCUT2D eigenvalue weighted by atomic mass is 32.1. The van der Waals surface area contributed by atoms with Crippen LogP contribution in [-0.2, 0) is 16.1 Å². The maximum atomic E-state index is 14.3. The van der Waals surface area contributed by atoms with Crippen molar-refractivity contribution < 1.29 is 18.7 Å². The van der Waals surface area contributed by atoms with Gasteiger partial charge in [0, 0.05) is 11.3 Å². The van der Waals surface area contributed by atoms with Gasteiger partial charge in [0.05, 0.1) is 11.3 Å². The summed E-state index contributed by atoms with van der Waals surface area (Å²) in [5, 5.41) is 8.79. The molecule has 0 aromatic carbocycles. The third-order valence-electron chi connectivity index (χ3n) is 3.04. The van der Waals surface area contributed by atoms with Crippen molar-refractivity contribution in [3.8, 4) is 0 Å². The lowest BCUT2D eigenvalue weighted by Crippen LogP contribution is -2.26. The predicted octanol–water partition coefficient (Wildman–Crippen LogP) is 5.03. The highest BCUT2D eigenvalue weighted by molar-refractivity contribution is 7.12. The molecule has 0 bridgehead atoms. The SMILES string of the molecule is CC(C)(CC(=O)O)CC(F)(F)c1ccc(C(C)(C)C)s1. The Labute approximate surface area is 122 Å². The average Bonchev–Trinajstić information content (AvgIpc) is 2.60. The predicted molar refractivity (Wildman–Crippen MR) is 77.6 cm³/mol. The second-order valence-corrected chi connectivity index (χ2v) is 8.11. The second kappa shape index (κ2) is 5.43. The molecule has 0 atom stereocenters. The number of aliphatic carboxylic acids is 1. The summed E-state index contributed by atoms with van der Waals surface area (Å²) in [5.41, 5.74) is -1.10. The van der Waals surface area contributed by atoms with Crippen molar-refractivity contribution in [2.24, 2.45) is 5.41 Å². The first kappa shape index (κ1) is 17.1. The fourth-order valence-electron chi connectivity index (χ4n) is 2.10. The van der Waals surface area contributed by atoms with Gasteiger partial charge in [-0.1, -0.05) is 34.6 Å². The van der Waals surface area contributed by atoms with Crippen molar-refractivity contribution in [1.82, 2.24) is 0 Å². The van der Waals surface area contributed by atoms with Crippen molar-refractivity contribution in [3.63, 3.8) is 0 Å². The van der Waals surface area contributed by atoms with E-state index in [1.165, 1.54) is 6.07 Å². The number of hydrogen-bond donors (Lipinski definition) is 1. The van der Waals surface area contributed by atoms with Crippen LogP contribution in [0.1, 0.15) is 57.2 Å². The molecule has 1 N–H and O–H groups in total. The van der Waals surface area contributed by atoms with Gasteiger partial charge in [-0.25, -0.2) is 8.78 Å². The molecule has 1 heterocycles. The van der Waals surface area contributed by atoms with Gasteiger partial charge in [0.2, 0.25) is 0 Å². The van der Waals surface area contributed by atoms with E-state index in [0.29, 0.717) is 0 Å². The second-order valence-electron chi connectivity index (χ2n) is 7.03. The van der Waals surface area contributed by atoms with Crippen molar-refractivity contribution in [2.75, 3.05) is 0 Å². The summed E-state index contributed by atoms with van der Waals surface area (Å²) < 4.78 is 28.6. The van der Waals surface area contributed by atoms with Gasteiger partial charge in [-0.05, 0) is 23.0 Å². The van der Waals surface area contributed by atoms with Crippen molar-refractivity contribution in [3.05, 3.63) is 21.9 Å². The molecule has 0 spiro atoms. The molecule has 0 radical (unpaired) electrons. The molecule has 20 heavy (non-hydrogen) atoms. The molecule has 0 amide bonds. The zero-order chi connectivity index (χ0) is 15.8. The van der Waals surface area contributed by atoms with Crippen molar-refractivity contribution >= 4 is 17.3 Å². The minimum atomic E-state index is -2.99. The van der Waals surface area contributed by atoms with Gasteiger partial charge in [0.15, 0.2) is 0 Å². The van der Waals surface area contributed by atoms with Crippen molar-refractivity contribution in [2.45, 2.75) is 58.8 Å². The highest BCUT2D eigenvalue weighted by Gasteiger charge is 2.41. The van der Waals surface area contributed by atoms with Gasteiger partial charge < -0.3 is 5.11 Å². The molecule has 1 rings (SSSR count). The largest absolute Gasteiger partial charge is 0.481 e. The van der Waals surface area contributed by atoms with Gasteiger partial charge in [0.1, 0.15) is 0 Å². The first-order valence-corrected chi connectivity index (χ1v) is 7.36. The summed E-state index contributed by atoms with van der Waals surface area (Å²) in [6.07, 6.45) is -0.726. The van der Waals surface area contributed by atoms with Crippen molar-refractivity contribution in [1.29, 1.82) is 0 Å². The first-order valence-electron chi connectivity index (χ1n) is 6.54. The molecule has 0 aliphatic rings. The van der Waals surface area contributed by atoms with Crippen LogP contribution in [0.25, 0.3) is 0 Å². The number of carboxylic acid groups (broad SMARTS) is 1. The van der Waals surface area contributed by atoms with Gasteiger partial charge in [-0.15, -0.1) is 11.3 Å². The summed E-state index contributed by atoms with van der Waals surface area (Å²) in [6, 6.07) is 3.19. The van der Waals surface area contributed by atoms with E-state index in [1.807, 2.05) is 20.8 Å². The lowest BCUT2D eigenvalue weighted by molar-refractivity contribution is -0.140. The van der Waals surface area contributed by atoms with Crippen LogP contribution in [0.3, 0.4) is 0 Å². The Morgan fingerprint density at radius 2 is 1.65 bits per heavy atom. The first-order chi connectivity index (χ1) is 8.83. The summed E-state index contributed by atoms with van der Waals surface area (Å²) >= 11 is 1.11. The molecule has 2 nitrogen and oxygen atoms in total. The Kier molecular flexibility index (Phi) is 4.64. The Bertz CT molecular complexity index is 484. The molecular formula is C15H22F2O2S. The van der Waals surface area contributed by atoms with E-state index in [4.69, 9.17) is 5.11 Å². The molecule has 1 aromatic rings. The Balaban J connectivity index is 2.93. The molecule has 0 fully saturated rings. The van der Waals surface area contributed by atoms with E-state index >= 15 is 0 Å². The van der Waals surface area contributed by atoms with Gasteiger partial charge in [0.25, 0.3) is 5.92 Å². The van der Waals surface area contributed by atoms with Crippen LogP contribution in [0, 0.1) is 5.41 Å². The average molecular weight is 304 g/mol. The molecule has 0 aliphatic heterocycles. The van der Waals surface area contributed by atoms with E-state index < -0.39 is 23.7 Å². The zero-order valence-corrected chi connectivity index (χ0v) is 13.4. The Morgan fingerprint density at radius 1 is 1.15 bits per heavy atom. The van der Waals surface area contributed by atoms with E-state index in [-0.39, 0.29) is 16.7 Å². The number of carboxylic acids is 1. The number of thiophene rings is 1.